The molecule has 26 heavy (non-hydrogen) atoms. The summed E-state index contributed by atoms with van der Waals surface area (Å²) >= 11 is 1.26. The van der Waals surface area contributed by atoms with Crippen molar-refractivity contribution in [3.8, 4) is 11.3 Å². The second-order valence-electron chi connectivity index (χ2n) is 5.51. The van der Waals surface area contributed by atoms with Gasteiger partial charge in [0.1, 0.15) is 11.2 Å². The molecule has 3 heterocycles. The lowest BCUT2D eigenvalue weighted by Gasteiger charge is -2.01. The van der Waals surface area contributed by atoms with Crippen molar-refractivity contribution in [1.82, 2.24) is 25.0 Å². The molecule has 0 fully saturated rings. The van der Waals surface area contributed by atoms with E-state index in [1.165, 1.54) is 11.3 Å². The minimum atomic E-state index is -0.278. The molecule has 1 aromatic carbocycles. The Balaban J connectivity index is 1.69. The van der Waals surface area contributed by atoms with Crippen LogP contribution in [0.4, 0.5) is 5.13 Å². The Morgan fingerprint density at radius 2 is 2.04 bits per heavy atom. The maximum Gasteiger partial charge on any atom is 0.261 e. The minimum absolute atomic E-state index is 0.278. The van der Waals surface area contributed by atoms with Crippen LogP contribution in [-0.4, -0.2) is 30.9 Å². The predicted octanol–water partition coefficient (Wildman–Crippen LogP) is 3.10. The normalized spacial score (nSPS) is 10.6. The summed E-state index contributed by atoms with van der Waals surface area (Å²) < 4.78 is 1.76. The number of nitrogens with zero attached hydrogens (tertiary/aromatic N) is 5. The van der Waals surface area contributed by atoms with Crippen LogP contribution in [-0.2, 0) is 6.54 Å². The maximum absolute atomic E-state index is 12.7. The first-order valence-electron chi connectivity index (χ1n) is 7.89. The molecule has 1 amide bonds. The molecule has 0 aliphatic heterocycles. The Labute approximate surface area is 153 Å². The molecule has 0 unspecified atom stereocenters. The van der Waals surface area contributed by atoms with Crippen LogP contribution in [0.2, 0.25) is 0 Å². The lowest BCUT2D eigenvalue weighted by molar-refractivity contribution is 0.102. The van der Waals surface area contributed by atoms with Crippen molar-refractivity contribution < 1.29 is 4.79 Å². The highest BCUT2D eigenvalue weighted by Gasteiger charge is 2.19. The van der Waals surface area contributed by atoms with E-state index in [0.717, 1.165) is 11.1 Å². The molecule has 0 atom stereocenters. The molecule has 8 heteroatoms. The van der Waals surface area contributed by atoms with Crippen LogP contribution < -0.4 is 5.32 Å². The van der Waals surface area contributed by atoms with Crippen LogP contribution in [0.3, 0.4) is 0 Å². The molecule has 0 saturated carbocycles. The van der Waals surface area contributed by atoms with Crippen LogP contribution in [0.5, 0.6) is 0 Å². The first-order valence-corrected chi connectivity index (χ1v) is 8.77. The Bertz CT molecular complexity index is 999. The van der Waals surface area contributed by atoms with Gasteiger partial charge in [0.15, 0.2) is 0 Å². The van der Waals surface area contributed by atoms with E-state index < -0.39 is 0 Å². The van der Waals surface area contributed by atoms with E-state index in [0.29, 0.717) is 22.9 Å². The smallest absolute Gasteiger partial charge is 0.261 e. The van der Waals surface area contributed by atoms with Crippen LogP contribution in [0.25, 0.3) is 11.3 Å². The summed E-state index contributed by atoms with van der Waals surface area (Å²) in [4.78, 5) is 16.9. The Hall–Kier alpha value is -3.39. The van der Waals surface area contributed by atoms with Gasteiger partial charge in [-0.15, -0.1) is 10.2 Å². The molecule has 1 N–H and O–H groups in total. The molecule has 3 aromatic heterocycles. The van der Waals surface area contributed by atoms with E-state index in [2.05, 4.69) is 25.6 Å². The standard InChI is InChI=1S/C18H14N6OS/c25-17(21-18-22-20-12-26-18)15-11-24(10-13-5-2-1-3-6-13)23-16(15)14-7-4-8-19-9-14/h1-9,11-12H,10H2,(H,21,22,25). The molecule has 0 aliphatic rings. The summed E-state index contributed by atoms with van der Waals surface area (Å²) in [5.41, 5.74) is 4.49. The summed E-state index contributed by atoms with van der Waals surface area (Å²) in [6.07, 6.45) is 5.12. The summed E-state index contributed by atoms with van der Waals surface area (Å²) in [6, 6.07) is 13.7. The van der Waals surface area contributed by atoms with Gasteiger partial charge in [-0.1, -0.05) is 41.7 Å². The number of anilines is 1. The fourth-order valence-electron chi connectivity index (χ4n) is 2.55. The minimum Gasteiger partial charge on any atom is -0.296 e. The van der Waals surface area contributed by atoms with E-state index in [4.69, 9.17) is 0 Å². The number of hydrogen-bond acceptors (Lipinski definition) is 6. The van der Waals surface area contributed by atoms with Crippen LogP contribution in [0, 0.1) is 0 Å². The van der Waals surface area contributed by atoms with Gasteiger partial charge in [-0.25, -0.2) is 0 Å². The molecule has 4 rings (SSSR count). The molecule has 0 bridgehead atoms. The average molecular weight is 362 g/mol. The second-order valence-corrected chi connectivity index (χ2v) is 6.35. The third kappa shape index (κ3) is 3.50. The first kappa shape index (κ1) is 16.1. The lowest BCUT2D eigenvalue weighted by atomic mass is 10.1. The zero-order chi connectivity index (χ0) is 17.8. The number of rotatable bonds is 5. The summed E-state index contributed by atoms with van der Waals surface area (Å²) in [5.74, 6) is -0.278. The third-order valence-corrected chi connectivity index (χ3v) is 4.32. The molecule has 0 radical (unpaired) electrons. The zero-order valence-electron chi connectivity index (χ0n) is 13.6. The van der Waals surface area contributed by atoms with Crippen molar-refractivity contribution in [2.75, 3.05) is 5.32 Å². The van der Waals surface area contributed by atoms with Crippen molar-refractivity contribution in [2.24, 2.45) is 0 Å². The van der Waals surface area contributed by atoms with Gasteiger partial charge in [-0.3, -0.25) is 19.8 Å². The molecule has 0 spiro atoms. The van der Waals surface area contributed by atoms with E-state index in [1.54, 1.807) is 28.8 Å². The SMILES string of the molecule is O=C(Nc1nncs1)c1cn(Cc2ccccc2)nc1-c1cccnc1. The number of hydrogen-bond donors (Lipinski definition) is 1. The van der Waals surface area contributed by atoms with Crippen molar-refractivity contribution in [3.05, 3.63) is 77.7 Å². The third-order valence-electron chi connectivity index (χ3n) is 3.71. The monoisotopic (exact) mass is 362 g/mol. The molecule has 7 nitrogen and oxygen atoms in total. The second kappa shape index (κ2) is 7.24. The Morgan fingerprint density at radius 3 is 2.77 bits per heavy atom. The van der Waals surface area contributed by atoms with E-state index in [1.807, 2.05) is 42.5 Å². The highest BCUT2D eigenvalue weighted by atomic mass is 32.1. The average Bonchev–Trinajstić information content (AvgIpc) is 3.33. The van der Waals surface area contributed by atoms with Crippen LogP contribution in [0.15, 0.2) is 66.6 Å². The van der Waals surface area contributed by atoms with Crippen LogP contribution >= 0.6 is 11.3 Å². The molecule has 128 valence electrons. The fourth-order valence-corrected chi connectivity index (χ4v) is 2.99. The van der Waals surface area contributed by atoms with Crippen molar-refractivity contribution >= 4 is 22.4 Å². The summed E-state index contributed by atoms with van der Waals surface area (Å²) in [6.45, 7) is 0.570. The van der Waals surface area contributed by atoms with E-state index in [-0.39, 0.29) is 5.91 Å². The summed E-state index contributed by atoms with van der Waals surface area (Å²) in [5, 5.41) is 15.4. The highest BCUT2D eigenvalue weighted by Crippen LogP contribution is 2.23. The van der Waals surface area contributed by atoms with Gasteiger partial charge >= 0.3 is 0 Å². The Kier molecular flexibility index (Phi) is 4.48. The number of pyridine rings is 1. The van der Waals surface area contributed by atoms with Gasteiger partial charge in [0.05, 0.1) is 12.1 Å². The predicted molar refractivity (Wildman–Crippen MR) is 98.9 cm³/mol. The number of carbonyl (C=O) groups excluding carboxylic acids is 1. The van der Waals surface area contributed by atoms with Gasteiger partial charge in [-0.2, -0.15) is 5.10 Å². The number of aromatic nitrogens is 5. The maximum atomic E-state index is 12.7. The number of benzene rings is 1. The topological polar surface area (TPSA) is 85.6 Å². The van der Waals surface area contributed by atoms with Gasteiger partial charge in [-0.05, 0) is 17.7 Å². The van der Waals surface area contributed by atoms with E-state index >= 15 is 0 Å². The van der Waals surface area contributed by atoms with Gasteiger partial charge in [0.2, 0.25) is 5.13 Å². The molecule has 0 aliphatic carbocycles. The van der Waals surface area contributed by atoms with Crippen LogP contribution in [0.1, 0.15) is 15.9 Å². The molecule has 4 aromatic rings. The molecular formula is C18H14N6OS. The molecule has 0 saturated heterocycles. The first-order chi connectivity index (χ1) is 12.8. The van der Waals surface area contributed by atoms with Crippen molar-refractivity contribution in [2.45, 2.75) is 6.54 Å². The van der Waals surface area contributed by atoms with E-state index in [9.17, 15) is 4.79 Å². The Morgan fingerprint density at radius 1 is 1.15 bits per heavy atom. The zero-order valence-corrected chi connectivity index (χ0v) is 14.4. The molecular weight excluding hydrogens is 348 g/mol. The number of carbonyl (C=O) groups is 1. The largest absolute Gasteiger partial charge is 0.296 e. The fraction of sp³-hybridized carbons (Fsp3) is 0.0556. The quantitative estimate of drug-likeness (QED) is 0.590. The lowest BCUT2D eigenvalue weighted by Crippen LogP contribution is -2.12. The van der Waals surface area contributed by atoms with Crippen molar-refractivity contribution in [1.29, 1.82) is 0 Å². The van der Waals surface area contributed by atoms with Gasteiger partial charge in [0.25, 0.3) is 5.91 Å². The van der Waals surface area contributed by atoms with Gasteiger partial charge in [0, 0.05) is 24.2 Å². The van der Waals surface area contributed by atoms with Gasteiger partial charge < -0.3 is 0 Å². The number of nitrogens with one attached hydrogen (secondary N) is 1. The summed E-state index contributed by atoms with van der Waals surface area (Å²) in [7, 11) is 0. The van der Waals surface area contributed by atoms with Crippen molar-refractivity contribution in [3.63, 3.8) is 0 Å². The number of amides is 1. The highest BCUT2D eigenvalue weighted by molar-refractivity contribution is 7.13.